The van der Waals surface area contributed by atoms with Gasteiger partial charge in [-0.2, -0.15) is 0 Å². The van der Waals surface area contributed by atoms with Crippen LogP contribution in [0.2, 0.25) is 0 Å². The van der Waals surface area contributed by atoms with Crippen LogP contribution >= 0.6 is 11.3 Å². The van der Waals surface area contributed by atoms with Crippen molar-refractivity contribution in [2.45, 2.75) is 45.6 Å². The summed E-state index contributed by atoms with van der Waals surface area (Å²) in [6.45, 7) is 5.52. The van der Waals surface area contributed by atoms with E-state index in [1.807, 2.05) is 11.3 Å². The van der Waals surface area contributed by atoms with Crippen LogP contribution in [0.15, 0.2) is 11.4 Å². The zero-order chi connectivity index (χ0) is 13.5. The Balaban J connectivity index is 1.64. The van der Waals surface area contributed by atoms with Crippen molar-refractivity contribution in [3.05, 3.63) is 21.9 Å². The van der Waals surface area contributed by atoms with Gasteiger partial charge in [-0.3, -0.25) is 9.69 Å². The van der Waals surface area contributed by atoms with Crippen LogP contribution in [0.4, 0.5) is 0 Å². The summed E-state index contributed by atoms with van der Waals surface area (Å²) in [5, 5.41) is 5.18. The van der Waals surface area contributed by atoms with Crippen LogP contribution in [0.25, 0.3) is 0 Å². The Kier molecular flexibility index (Phi) is 5.86. The number of carbonyl (C=O) groups is 1. The molecule has 0 aromatic carbocycles. The lowest BCUT2D eigenvalue weighted by atomic mass is 10.1. The van der Waals surface area contributed by atoms with Gasteiger partial charge in [-0.25, -0.2) is 0 Å². The zero-order valence-corrected chi connectivity index (χ0v) is 12.6. The first-order chi connectivity index (χ1) is 9.29. The van der Waals surface area contributed by atoms with Crippen molar-refractivity contribution in [2.75, 3.05) is 19.6 Å². The Morgan fingerprint density at radius 1 is 1.42 bits per heavy atom. The predicted octanol–water partition coefficient (Wildman–Crippen LogP) is 2.80. The van der Waals surface area contributed by atoms with Crippen molar-refractivity contribution in [2.24, 2.45) is 0 Å². The van der Waals surface area contributed by atoms with Crippen molar-refractivity contribution in [3.8, 4) is 0 Å². The van der Waals surface area contributed by atoms with Gasteiger partial charge < -0.3 is 5.32 Å². The molecule has 1 aromatic heterocycles. The summed E-state index contributed by atoms with van der Waals surface area (Å²) < 4.78 is 0. The summed E-state index contributed by atoms with van der Waals surface area (Å²) >= 11 is 1.84. The van der Waals surface area contributed by atoms with E-state index in [1.165, 1.54) is 29.7 Å². The second-order valence-electron chi connectivity index (χ2n) is 5.24. The monoisotopic (exact) mass is 280 g/mol. The van der Waals surface area contributed by atoms with Crippen LogP contribution in [0.3, 0.4) is 0 Å². The van der Waals surface area contributed by atoms with Crippen LogP contribution < -0.4 is 5.32 Å². The second-order valence-corrected chi connectivity index (χ2v) is 6.24. The van der Waals surface area contributed by atoms with E-state index in [2.05, 4.69) is 28.6 Å². The van der Waals surface area contributed by atoms with Gasteiger partial charge in [0.25, 0.3) is 0 Å². The molecule has 0 spiro atoms. The largest absolute Gasteiger partial charge is 0.355 e. The molecular weight excluding hydrogens is 256 g/mol. The first-order valence-electron chi connectivity index (χ1n) is 7.34. The molecule has 2 heterocycles. The van der Waals surface area contributed by atoms with Gasteiger partial charge in [0.1, 0.15) is 0 Å². The van der Waals surface area contributed by atoms with Crippen LogP contribution in [-0.4, -0.2) is 30.4 Å². The van der Waals surface area contributed by atoms with Crippen molar-refractivity contribution in [3.63, 3.8) is 0 Å². The molecule has 0 unspecified atom stereocenters. The summed E-state index contributed by atoms with van der Waals surface area (Å²) in [5.41, 5.74) is 1.41. The average Bonchev–Trinajstić information content (AvgIpc) is 2.86. The third-order valence-corrected chi connectivity index (χ3v) is 4.63. The molecule has 2 rings (SSSR count). The molecule has 0 saturated heterocycles. The number of nitrogens with zero attached hydrogens (tertiary/aromatic N) is 1. The van der Waals surface area contributed by atoms with E-state index in [-0.39, 0.29) is 5.91 Å². The van der Waals surface area contributed by atoms with Crippen LogP contribution in [-0.2, 0) is 17.8 Å². The standard InChI is InChI=1S/C15H24N2OS/c1-2-3-4-5-8-16-15(18)12-17-9-6-14-13(11-17)7-10-19-14/h7,10H,2-6,8-9,11-12H2,1H3,(H,16,18). The summed E-state index contributed by atoms with van der Waals surface area (Å²) in [4.78, 5) is 15.6. The molecule has 19 heavy (non-hydrogen) atoms. The average molecular weight is 280 g/mol. The van der Waals surface area contributed by atoms with Crippen LogP contribution in [0.1, 0.15) is 43.0 Å². The molecule has 1 aliphatic rings. The minimum atomic E-state index is 0.176. The fraction of sp³-hybridized carbons (Fsp3) is 0.667. The molecule has 1 aliphatic heterocycles. The molecule has 1 N–H and O–H groups in total. The molecule has 3 nitrogen and oxygen atoms in total. The summed E-state index contributed by atoms with van der Waals surface area (Å²) in [6.07, 6.45) is 5.93. The van der Waals surface area contributed by atoms with E-state index in [0.29, 0.717) is 6.54 Å². The zero-order valence-electron chi connectivity index (χ0n) is 11.8. The highest BCUT2D eigenvalue weighted by atomic mass is 32.1. The van der Waals surface area contributed by atoms with E-state index < -0.39 is 0 Å². The molecule has 0 saturated carbocycles. The maximum Gasteiger partial charge on any atom is 0.234 e. The molecule has 1 amide bonds. The van der Waals surface area contributed by atoms with E-state index in [0.717, 1.165) is 32.5 Å². The number of fused-ring (bicyclic) bond motifs is 1. The highest BCUT2D eigenvalue weighted by molar-refractivity contribution is 7.10. The van der Waals surface area contributed by atoms with Gasteiger partial charge in [-0.15, -0.1) is 11.3 Å². The first-order valence-corrected chi connectivity index (χ1v) is 8.22. The SMILES string of the molecule is CCCCCCNC(=O)CN1CCc2sccc2C1. The van der Waals surface area contributed by atoms with Crippen molar-refractivity contribution in [1.82, 2.24) is 10.2 Å². The van der Waals surface area contributed by atoms with Gasteiger partial charge in [-0.05, 0) is 29.9 Å². The number of unbranched alkanes of at least 4 members (excludes halogenated alkanes) is 3. The smallest absolute Gasteiger partial charge is 0.234 e. The Morgan fingerprint density at radius 3 is 3.16 bits per heavy atom. The predicted molar refractivity (Wildman–Crippen MR) is 80.5 cm³/mol. The van der Waals surface area contributed by atoms with Gasteiger partial charge in [0, 0.05) is 24.5 Å². The number of carbonyl (C=O) groups excluding carboxylic acids is 1. The van der Waals surface area contributed by atoms with Crippen LogP contribution in [0.5, 0.6) is 0 Å². The lowest BCUT2D eigenvalue weighted by Gasteiger charge is -2.26. The molecular formula is C15H24N2OS. The lowest BCUT2D eigenvalue weighted by Crippen LogP contribution is -2.39. The molecule has 0 bridgehead atoms. The van der Waals surface area contributed by atoms with Gasteiger partial charge >= 0.3 is 0 Å². The van der Waals surface area contributed by atoms with Gasteiger partial charge in [-0.1, -0.05) is 26.2 Å². The maximum absolute atomic E-state index is 11.8. The summed E-state index contributed by atoms with van der Waals surface area (Å²) in [7, 11) is 0. The second kappa shape index (κ2) is 7.65. The van der Waals surface area contributed by atoms with Crippen molar-refractivity contribution < 1.29 is 4.79 Å². The Morgan fingerprint density at radius 2 is 2.32 bits per heavy atom. The van der Waals surface area contributed by atoms with Crippen molar-refractivity contribution in [1.29, 1.82) is 0 Å². The molecule has 1 aromatic rings. The number of amides is 1. The summed E-state index contributed by atoms with van der Waals surface area (Å²) in [5.74, 6) is 0.176. The van der Waals surface area contributed by atoms with E-state index >= 15 is 0 Å². The Labute approximate surface area is 120 Å². The van der Waals surface area contributed by atoms with Crippen molar-refractivity contribution >= 4 is 17.2 Å². The van der Waals surface area contributed by atoms with Gasteiger partial charge in [0.15, 0.2) is 0 Å². The third-order valence-electron chi connectivity index (χ3n) is 3.61. The molecule has 0 fully saturated rings. The Hall–Kier alpha value is -0.870. The van der Waals surface area contributed by atoms with Gasteiger partial charge in [0.2, 0.25) is 5.91 Å². The minimum Gasteiger partial charge on any atom is -0.355 e. The van der Waals surface area contributed by atoms with E-state index in [1.54, 1.807) is 0 Å². The number of hydrogen-bond acceptors (Lipinski definition) is 3. The maximum atomic E-state index is 11.8. The number of hydrogen-bond donors (Lipinski definition) is 1. The van der Waals surface area contributed by atoms with E-state index in [4.69, 9.17) is 0 Å². The number of thiophene rings is 1. The molecule has 0 atom stereocenters. The number of nitrogens with one attached hydrogen (secondary N) is 1. The highest BCUT2D eigenvalue weighted by Gasteiger charge is 2.18. The highest BCUT2D eigenvalue weighted by Crippen LogP contribution is 2.23. The quantitative estimate of drug-likeness (QED) is 0.779. The molecule has 0 aliphatic carbocycles. The first kappa shape index (κ1) is 14.5. The fourth-order valence-electron chi connectivity index (χ4n) is 2.48. The Bertz CT molecular complexity index is 403. The fourth-order valence-corrected chi connectivity index (χ4v) is 3.37. The number of rotatable bonds is 7. The third kappa shape index (κ3) is 4.62. The minimum absolute atomic E-state index is 0.176. The molecule has 106 valence electrons. The van der Waals surface area contributed by atoms with E-state index in [9.17, 15) is 4.79 Å². The summed E-state index contributed by atoms with van der Waals surface area (Å²) in [6, 6.07) is 2.19. The lowest BCUT2D eigenvalue weighted by molar-refractivity contribution is -0.122. The molecule has 0 radical (unpaired) electrons. The normalized spacial score (nSPS) is 15.2. The molecule has 4 heteroatoms. The topological polar surface area (TPSA) is 32.3 Å². The van der Waals surface area contributed by atoms with Gasteiger partial charge in [0.05, 0.1) is 6.54 Å². The van der Waals surface area contributed by atoms with Crippen LogP contribution in [0, 0.1) is 0 Å².